The largest absolute Gasteiger partial charge is 0.394 e. The lowest BCUT2D eigenvalue weighted by Crippen LogP contribution is -2.60. The smallest absolute Gasteiger partial charge is 0.220 e. The van der Waals surface area contributed by atoms with Gasteiger partial charge in [-0.25, -0.2) is 0 Å². The van der Waals surface area contributed by atoms with Crippen LogP contribution in [0.1, 0.15) is 303 Å². The van der Waals surface area contributed by atoms with Gasteiger partial charge in [0, 0.05) is 6.42 Å². The second-order valence-corrected chi connectivity index (χ2v) is 21.5. The molecule has 9 nitrogen and oxygen atoms in total. The summed E-state index contributed by atoms with van der Waals surface area (Å²) in [6.45, 7) is 3.82. The number of aliphatic hydroxyl groups excluding tert-OH is 5. The number of carbonyl (C=O) groups excluding carboxylic acids is 1. The highest BCUT2D eigenvalue weighted by atomic mass is 16.7. The van der Waals surface area contributed by atoms with E-state index in [0.717, 1.165) is 38.5 Å². The quantitative estimate of drug-likeness (QED) is 0.0261. The summed E-state index contributed by atoms with van der Waals surface area (Å²) in [5.41, 5.74) is 0. The Morgan fingerprint density at radius 3 is 1.16 bits per heavy atom. The second kappa shape index (κ2) is 51.2. The van der Waals surface area contributed by atoms with Gasteiger partial charge in [-0.2, -0.15) is 0 Å². The third kappa shape index (κ3) is 40.1. The molecule has 1 aliphatic heterocycles. The van der Waals surface area contributed by atoms with Crippen LogP contribution in [0.15, 0.2) is 24.3 Å². The van der Waals surface area contributed by atoms with Gasteiger partial charge in [0.1, 0.15) is 24.4 Å². The Kier molecular flexibility index (Phi) is 48.7. The predicted molar refractivity (Wildman–Crippen MR) is 295 cm³/mol. The van der Waals surface area contributed by atoms with E-state index in [4.69, 9.17) is 9.47 Å². The van der Waals surface area contributed by atoms with Crippen molar-refractivity contribution in [3.63, 3.8) is 0 Å². The summed E-state index contributed by atoms with van der Waals surface area (Å²) in [6.07, 6.45) is 58.2. The number of nitrogens with one attached hydrogen (secondary N) is 1. The standard InChI is InChI=1S/C61H117NO8/c1-3-5-7-9-11-13-15-17-19-21-23-25-26-27-28-29-30-31-33-35-37-39-41-43-45-47-49-51-57(65)62-54(53-69-61-60(68)59(67)58(66)56(52-63)70-61)55(64)50-48-46-44-42-40-38-36-34-32-24-22-20-18-16-14-12-10-8-6-4-2/h27-28,48,50,54-56,58-61,63-64,66-68H,3-26,29-47,49,51-53H2,1-2H3,(H,62,65)/b28-27-,50-48+. The Labute approximate surface area is 432 Å². The van der Waals surface area contributed by atoms with Crippen LogP contribution >= 0.6 is 0 Å². The van der Waals surface area contributed by atoms with E-state index in [-0.39, 0.29) is 12.5 Å². The van der Waals surface area contributed by atoms with Crippen molar-refractivity contribution in [3.05, 3.63) is 24.3 Å². The molecule has 70 heavy (non-hydrogen) atoms. The molecule has 0 aromatic rings. The van der Waals surface area contributed by atoms with Crippen LogP contribution in [0.5, 0.6) is 0 Å². The van der Waals surface area contributed by atoms with E-state index < -0.39 is 49.5 Å². The molecule has 1 aliphatic rings. The van der Waals surface area contributed by atoms with Gasteiger partial charge >= 0.3 is 0 Å². The lowest BCUT2D eigenvalue weighted by atomic mass is 9.99. The number of hydrogen-bond donors (Lipinski definition) is 6. The number of allylic oxidation sites excluding steroid dienone is 3. The summed E-state index contributed by atoms with van der Waals surface area (Å²) in [6, 6.07) is -0.804. The molecule has 0 aliphatic carbocycles. The third-order valence-electron chi connectivity index (χ3n) is 14.8. The fourth-order valence-corrected chi connectivity index (χ4v) is 9.92. The van der Waals surface area contributed by atoms with Crippen molar-refractivity contribution < 1.29 is 39.8 Å². The van der Waals surface area contributed by atoms with E-state index in [0.29, 0.717) is 6.42 Å². The van der Waals surface area contributed by atoms with Gasteiger partial charge in [0.05, 0.1) is 25.4 Å². The SMILES string of the molecule is CCCCCCCCCCCCCC/C=C\CCCCCCCCCCCCCC(=O)NC(COC1OC(CO)C(O)C(O)C1O)C(O)/C=C/CCCCCCCCCCCCCCCCCCCC. The Hall–Kier alpha value is -1.33. The number of hydrogen-bond acceptors (Lipinski definition) is 8. The van der Waals surface area contributed by atoms with Gasteiger partial charge in [-0.3, -0.25) is 4.79 Å². The van der Waals surface area contributed by atoms with Crippen LogP contribution in [0.3, 0.4) is 0 Å². The topological polar surface area (TPSA) is 149 Å². The highest BCUT2D eigenvalue weighted by Gasteiger charge is 2.44. The minimum Gasteiger partial charge on any atom is -0.394 e. The van der Waals surface area contributed by atoms with Crippen molar-refractivity contribution in [2.75, 3.05) is 13.2 Å². The van der Waals surface area contributed by atoms with E-state index in [9.17, 15) is 30.3 Å². The molecule has 0 aromatic heterocycles. The Morgan fingerprint density at radius 1 is 0.471 bits per heavy atom. The fourth-order valence-electron chi connectivity index (χ4n) is 9.92. The zero-order valence-corrected chi connectivity index (χ0v) is 46.0. The Bertz CT molecular complexity index is 1150. The van der Waals surface area contributed by atoms with Crippen molar-refractivity contribution in [2.45, 2.75) is 346 Å². The van der Waals surface area contributed by atoms with Crippen molar-refractivity contribution in [1.82, 2.24) is 5.32 Å². The van der Waals surface area contributed by atoms with Gasteiger partial charge in [-0.05, 0) is 44.9 Å². The molecule has 0 spiro atoms. The summed E-state index contributed by atoms with van der Waals surface area (Å²) in [5, 5.41) is 54.6. The molecule has 9 heteroatoms. The highest BCUT2D eigenvalue weighted by Crippen LogP contribution is 2.23. The molecule has 1 saturated heterocycles. The van der Waals surface area contributed by atoms with Gasteiger partial charge in [-0.1, -0.05) is 276 Å². The van der Waals surface area contributed by atoms with Crippen LogP contribution in [0.4, 0.5) is 0 Å². The maximum absolute atomic E-state index is 13.1. The molecule has 1 amide bonds. The maximum Gasteiger partial charge on any atom is 0.220 e. The molecule has 1 rings (SSSR count). The summed E-state index contributed by atoms with van der Waals surface area (Å²) >= 11 is 0. The van der Waals surface area contributed by atoms with E-state index >= 15 is 0 Å². The maximum atomic E-state index is 13.1. The zero-order chi connectivity index (χ0) is 50.8. The normalized spacial score (nSPS) is 19.4. The number of unbranched alkanes of at least 4 members (excludes halogenated alkanes) is 41. The van der Waals surface area contributed by atoms with E-state index in [2.05, 4.69) is 31.3 Å². The second-order valence-electron chi connectivity index (χ2n) is 21.5. The van der Waals surface area contributed by atoms with E-state index in [1.807, 2.05) is 6.08 Å². The van der Waals surface area contributed by atoms with Crippen molar-refractivity contribution in [2.24, 2.45) is 0 Å². The average Bonchev–Trinajstić information content (AvgIpc) is 3.36. The first-order valence-corrected chi connectivity index (χ1v) is 30.6. The van der Waals surface area contributed by atoms with Gasteiger partial charge in [-0.15, -0.1) is 0 Å². The van der Waals surface area contributed by atoms with Gasteiger partial charge in [0.2, 0.25) is 5.91 Å². The molecule has 0 saturated carbocycles. The predicted octanol–water partition coefficient (Wildman–Crippen LogP) is 15.4. The van der Waals surface area contributed by atoms with Gasteiger partial charge < -0.3 is 40.3 Å². The summed E-state index contributed by atoms with van der Waals surface area (Å²) in [5.74, 6) is -0.173. The molecule has 7 atom stereocenters. The number of ether oxygens (including phenoxy) is 2. The first kappa shape index (κ1) is 66.7. The minimum absolute atomic E-state index is 0.173. The van der Waals surface area contributed by atoms with E-state index in [1.165, 1.54) is 244 Å². The summed E-state index contributed by atoms with van der Waals surface area (Å²) in [7, 11) is 0. The first-order chi connectivity index (χ1) is 34.3. The first-order valence-electron chi connectivity index (χ1n) is 30.6. The minimum atomic E-state index is -1.57. The molecule has 1 heterocycles. The van der Waals surface area contributed by atoms with Crippen molar-refractivity contribution >= 4 is 5.91 Å². The average molecular weight is 993 g/mol. The lowest BCUT2D eigenvalue weighted by Gasteiger charge is -2.40. The van der Waals surface area contributed by atoms with Crippen LogP contribution in [-0.4, -0.2) is 87.5 Å². The van der Waals surface area contributed by atoms with Crippen LogP contribution in [0.2, 0.25) is 0 Å². The molecule has 414 valence electrons. The van der Waals surface area contributed by atoms with Gasteiger partial charge in [0.15, 0.2) is 6.29 Å². The van der Waals surface area contributed by atoms with Crippen LogP contribution in [0.25, 0.3) is 0 Å². The highest BCUT2D eigenvalue weighted by molar-refractivity contribution is 5.76. The number of carbonyl (C=O) groups is 1. The van der Waals surface area contributed by atoms with E-state index in [1.54, 1.807) is 6.08 Å². The number of aliphatic hydroxyl groups is 5. The third-order valence-corrected chi connectivity index (χ3v) is 14.8. The molecule has 7 unspecified atom stereocenters. The van der Waals surface area contributed by atoms with Crippen molar-refractivity contribution in [3.8, 4) is 0 Å². The molecule has 0 aromatic carbocycles. The number of amides is 1. The number of rotatable bonds is 53. The molecular weight excluding hydrogens is 875 g/mol. The monoisotopic (exact) mass is 992 g/mol. The van der Waals surface area contributed by atoms with Crippen LogP contribution in [0, 0.1) is 0 Å². The molecular formula is C61H117NO8. The molecule has 1 fully saturated rings. The van der Waals surface area contributed by atoms with Crippen LogP contribution < -0.4 is 5.32 Å². The Morgan fingerprint density at radius 2 is 0.800 bits per heavy atom. The summed E-state index contributed by atoms with van der Waals surface area (Å²) < 4.78 is 11.3. The molecule has 6 N–H and O–H groups in total. The van der Waals surface area contributed by atoms with Crippen molar-refractivity contribution in [1.29, 1.82) is 0 Å². The summed E-state index contributed by atoms with van der Waals surface area (Å²) in [4.78, 5) is 13.1. The Balaban J connectivity index is 2.19. The molecule has 0 radical (unpaired) electrons. The zero-order valence-electron chi connectivity index (χ0n) is 46.0. The van der Waals surface area contributed by atoms with Gasteiger partial charge in [0.25, 0.3) is 0 Å². The molecule has 0 bridgehead atoms. The fraction of sp³-hybridized carbons (Fsp3) is 0.918. The lowest BCUT2D eigenvalue weighted by molar-refractivity contribution is -0.302. The van der Waals surface area contributed by atoms with Crippen LogP contribution in [-0.2, 0) is 14.3 Å².